The van der Waals surface area contributed by atoms with E-state index in [1.807, 2.05) is 0 Å². The van der Waals surface area contributed by atoms with Gasteiger partial charge in [0.25, 0.3) is 0 Å². The summed E-state index contributed by atoms with van der Waals surface area (Å²) >= 11 is 0. The van der Waals surface area contributed by atoms with Crippen LogP contribution in [0.5, 0.6) is 0 Å². The monoisotopic (exact) mass is 363 g/mol. The van der Waals surface area contributed by atoms with Crippen LogP contribution < -0.4 is 15.5 Å². The average Bonchev–Trinajstić information content (AvgIpc) is 2.75. The number of piperazine rings is 1. The summed E-state index contributed by atoms with van der Waals surface area (Å²) in [4.78, 5) is 9.55. The zero-order valence-electron chi connectivity index (χ0n) is 15.9. The van der Waals surface area contributed by atoms with Crippen LogP contribution in [0, 0.1) is 0 Å². The number of para-hydroxylation sites is 1. The zero-order valence-corrected chi connectivity index (χ0v) is 15.9. The van der Waals surface area contributed by atoms with Crippen LogP contribution in [0.4, 0.5) is 5.69 Å². The van der Waals surface area contributed by atoms with Crippen molar-refractivity contribution in [3.05, 3.63) is 65.7 Å². The Hall–Kier alpha value is -2.53. The van der Waals surface area contributed by atoms with E-state index in [9.17, 15) is 0 Å². The number of hydrogen-bond donors (Lipinski definition) is 2. The van der Waals surface area contributed by atoms with Crippen LogP contribution in [0.2, 0.25) is 0 Å². The first kappa shape index (κ1) is 17.9. The number of aliphatic imine (C=N–C) groups is 1. The van der Waals surface area contributed by atoms with Gasteiger partial charge < -0.3 is 15.5 Å². The van der Waals surface area contributed by atoms with Crippen LogP contribution in [-0.2, 0) is 13.1 Å². The van der Waals surface area contributed by atoms with Crippen LogP contribution in [0.25, 0.3) is 0 Å². The Morgan fingerprint density at radius 3 is 2.37 bits per heavy atom. The molecule has 1 saturated heterocycles. The van der Waals surface area contributed by atoms with E-state index in [-0.39, 0.29) is 0 Å². The summed E-state index contributed by atoms with van der Waals surface area (Å²) in [5, 5.41) is 6.79. The molecular weight excluding hydrogens is 334 g/mol. The van der Waals surface area contributed by atoms with Crippen molar-refractivity contribution in [2.75, 3.05) is 44.2 Å². The second-order valence-electron chi connectivity index (χ2n) is 7.23. The molecule has 27 heavy (non-hydrogen) atoms. The zero-order chi connectivity index (χ0) is 18.3. The molecule has 0 atom stereocenters. The molecule has 2 aliphatic rings. The molecule has 5 heteroatoms. The molecule has 0 bridgehead atoms. The predicted octanol–water partition coefficient (Wildman–Crippen LogP) is 2.45. The van der Waals surface area contributed by atoms with Crippen molar-refractivity contribution in [1.29, 1.82) is 0 Å². The Kier molecular flexibility index (Phi) is 5.89. The van der Waals surface area contributed by atoms with Crippen LogP contribution in [-0.4, -0.2) is 50.1 Å². The van der Waals surface area contributed by atoms with E-state index in [1.165, 1.54) is 16.8 Å². The van der Waals surface area contributed by atoms with E-state index in [2.05, 4.69) is 80.0 Å². The van der Waals surface area contributed by atoms with E-state index in [0.29, 0.717) is 0 Å². The van der Waals surface area contributed by atoms with Crippen LogP contribution in [0.15, 0.2) is 59.6 Å². The minimum Gasteiger partial charge on any atom is -0.369 e. The standard InChI is InChI=1S/C22H29N5/c1-2-9-21(10-3-1)27-15-13-26(14-16-27)18-20-8-5-4-7-19(20)17-25-22-23-11-6-12-24-22/h1-5,7-10H,6,11-18H2,(H2,23,24,25). The normalized spacial score (nSPS) is 17.9. The largest absolute Gasteiger partial charge is 0.369 e. The Morgan fingerprint density at radius 1 is 0.889 bits per heavy atom. The van der Waals surface area contributed by atoms with Crippen molar-refractivity contribution in [3.63, 3.8) is 0 Å². The fraction of sp³-hybridized carbons (Fsp3) is 0.409. The summed E-state index contributed by atoms with van der Waals surface area (Å²) in [5.41, 5.74) is 4.11. The summed E-state index contributed by atoms with van der Waals surface area (Å²) in [7, 11) is 0. The van der Waals surface area contributed by atoms with Gasteiger partial charge in [0.1, 0.15) is 0 Å². The second kappa shape index (κ2) is 8.91. The lowest BCUT2D eigenvalue weighted by atomic mass is 10.1. The molecule has 0 aliphatic carbocycles. The average molecular weight is 364 g/mol. The summed E-state index contributed by atoms with van der Waals surface area (Å²) in [6.45, 7) is 8.15. The van der Waals surface area contributed by atoms with Crippen molar-refractivity contribution in [2.45, 2.75) is 19.5 Å². The van der Waals surface area contributed by atoms with E-state index in [1.54, 1.807) is 0 Å². The van der Waals surface area contributed by atoms with E-state index in [0.717, 1.165) is 64.7 Å². The minimum absolute atomic E-state index is 0.825. The van der Waals surface area contributed by atoms with Gasteiger partial charge in [0.15, 0.2) is 5.96 Å². The number of nitrogens with one attached hydrogen (secondary N) is 2. The molecule has 2 heterocycles. The summed E-state index contributed by atoms with van der Waals surface area (Å²) in [5.74, 6) is 0.938. The fourth-order valence-corrected chi connectivity index (χ4v) is 3.76. The van der Waals surface area contributed by atoms with Crippen molar-refractivity contribution in [1.82, 2.24) is 15.5 Å². The van der Waals surface area contributed by atoms with E-state index in [4.69, 9.17) is 0 Å². The third-order valence-corrected chi connectivity index (χ3v) is 5.35. The molecule has 5 nitrogen and oxygen atoms in total. The molecule has 0 unspecified atom stereocenters. The number of hydrogen-bond acceptors (Lipinski definition) is 5. The molecule has 2 aliphatic heterocycles. The quantitative estimate of drug-likeness (QED) is 0.856. The molecule has 0 amide bonds. The van der Waals surface area contributed by atoms with Crippen molar-refractivity contribution in [2.24, 2.45) is 4.99 Å². The molecule has 2 N–H and O–H groups in total. The number of benzene rings is 2. The van der Waals surface area contributed by atoms with Gasteiger partial charge in [-0.3, -0.25) is 9.89 Å². The minimum atomic E-state index is 0.825. The molecule has 4 rings (SSSR count). The maximum atomic E-state index is 4.51. The molecular formula is C22H29N5. The summed E-state index contributed by atoms with van der Waals surface area (Å²) in [6, 6.07) is 19.5. The molecule has 0 radical (unpaired) electrons. The van der Waals surface area contributed by atoms with Gasteiger partial charge in [-0.05, 0) is 29.7 Å². The van der Waals surface area contributed by atoms with Gasteiger partial charge in [0.2, 0.25) is 0 Å². The first-order valence-corrected chi connectivity index (χ1v) is 10.00. The molecule has 2 aromatic rings. The lowest BCUT2D eigenvalue weighted by Gasteiger charge is -2.36. The lowest BCUT2D eigenvalue weighted by molar-refractivity contribution is 0.249. The number of rotatable bonds is 5. The smallest absolute Gasteiger partial charge is 0.191 e. The van der Waals surface area contributed by atoms with Crippen molar-refractivity contribution in [3.8, 4) is 0 Å². The van der Waals surface area contributed by atoms with Gasteiger partial charge in [0, 0.05) is 58.0 Å². The van der Waals surface area contributed by atoms with Crippen molar-refractivity contribution < 1.29 is 0 Å². The predicted molar refractivity (Wildman–Crippen MR) is 112 cm³/mol. The number of guanidine groups is 1. The highest BCUT2D eigenvalue weighted by molar-refractivity contribution is 5.80. The first-order chi connectivity index (χ1) is 13.4. The third kappa shape index (κ3) is 4.80. The Bertz CT molecular complexity index is 750. The first-order valence-electron chi connectivity index (χ1n) is 10.00. The molecule has 0 saturated carbocycles. The summed E-state index contributed by atoms with van der Waals surface area (Å²) in [6.07, 6.45) is 1.12. The molecule has 0 aromatic heterocycles. The molecule has 2 aromatic carbocycles. The fourth-order valence-electron chi connectivity index (χ4n) is 3.76. The Morgan fingerprint density at radius 2 is 1.63 bits per heavy atom. The number of anilines is 1. The third-order valence-electron chi connectivity index (χ3n) is 5.35. The SMILES string of the molecule is c1ccc(N2CCN(Cc3ccccc3CNC3=NCCCN3)CC2)cc1. The Balaban J connectivity index is 1.32. The number of nitrogens with zero attached hydrogens (tertiary/aromatic N) is 3. The van der Waals surface area contributed by atoms with Crippen molar-refractivity contribution >= 4 is 11.6 Å². The van der Waals surface area contributed by atoms with Crippen LogP contribution in [0.3, 0.4) is 0 Å². The highest BCUT2D eigenvalue weighted by atomic mass is 15.3. The second-order valence-corrected chi connectivity index (χ2v) is 7.23. The highest BCUT2D eigenvalue weighted by Crippen LogP contribution is 2.18. The van der Waals surface area contributed by atoms with Crippen LogP contribution in [0.1, 0.15) is 17.5 Å². The molecule has 1 fully saturated rings. The van der Waals surface area contributed by atoms with Gasteiger partial charge in [0.05, 0.1) is 0 Å². The highest BCUT2D eigenvalue weighted by Gasteiger charge is 2.18. The molecule has 0 spiro atoms. The molecule has 142 valence electrons. The summed E-state index contributed by atoms with van der Waals surface area (Å²) < 4.78 is 0. The van der Waals surface area contributed by atoms with Gasteiger partial charge in [-0.15, -0.1) is 0 Å². The maximum Gasteiger partial charge on any atom is 0.191 e. The van der Waals surface area contributed by atoms with E-state index < -0.39 is 0 Å². The Labute approximate surface area is 162 Å². The van der Waals surface area contributed by atoms with Gasteiger partial charge in [-0.25, -0.2) is 0 Å². The van der Waals surface area contributed by atoms with Gasteiger partial charge >= 0.3 is 0 Å². The van der Waals surface area contributed by atoms with E-state index >= 15 is 0 Å². The van der Waals surface area contributed by atoms with Crippen LogP contribution >= 0.6 is 0 Å². The van der Waals surface area contributed by atoms with Gasteiger partial charge in [-0.1, -0.05) is 42.5 Å². The van der Waals surface area contributed by atoms with Gasteiger partial charge in [-0.2, -0.15) is 0 Å². The topological polar surface area (TPSA) is 42.9 Å². The lowest BCUT2D eigenvalue weighted by Crippen LogP contribution is -2.46. The maximum absolute atomic E-state index is 4.51.